The second-order valence-electron chi connectivity index (χ2n) is 5.29. The van der Waals surface area contributed by atoms with E-state index in [1.165, 1.54) is 0 Å². The van der Waals surface area contributed by atoms with Crippen molar-refractivity contribution in [2.75, 3.05) is 16.4 Å². The topological polar surface area (TPSA) is 113 Å². The summed E-state index contributed by atoms with van der Waals surface area (Å²) in [5.41, 5.74) is 8.78. The summed E-state index contributed by atoms with van der Waals surface area (Å²) in [6.07, 6.45) is 1.84. The molecule has 0 aliphatic carbocycles. The molecule has 21 heavy (non-hydrogen) atoms. The van der Waals surface area contributed by atoms with Crippen LogP contribution in [0.2, 0.25) is 0 Å². The lowest BCUT2D eigenvalue weighted by Gasteiger charge is -2.25. The summed E-state index contributed by atoms with van der Waals surface area (Å²) in [4.78, 5) is 34.3. The van der Waals surface area contributed by atoms with Crippen molar-refractivity contribution >= 4 is 34.8 Å². The van der Waals surface area contributed by atoms with Gasteiger partial charge >= 0.3 is 0 Å². The van der Waals surface area contributed by atoms with Gasteiger partial charge in [0.2, 0.25) is 17.7 Å². The zero-order valence-electron chi connectivity index (χ0n) is 11.4. The van der Waals surface area contributed by atoms with Crippen LogP contribution in [0.5, 0.6) is 0 Å². The molecule has 1 unspecified atom stereocenters. The van der Waals surface area contributed by atoms with E-state index in [-0.39, 0.29) is 17.7 Å². The van der Waals surface area contributed by atoms with E-state index in [0.29, 0.717) is 37.1 Å². The summed E-state index contributed by atoms with van der Waals surface area (Å²) >= 11 is 0. The number of carbonyl (C=O) groups is 3. The number of rotatable bonds is 2. The van der Waals surface area contributed by atoms with Crippen LogP contribution in [-0.4, -0.2) is 23.8 Å². The molecule has 0 aromatic heterocycles. The van der Waals surface area contributed by atoms with Gasteiger partial charge in [-0.2, -0.15) is 0 Å². The third-order valence-electron chi connectivity index (χ3n) is 3.74. The molecule has 0 saturated carbocycles. The van der Waals surface area contributed by atoms with Gasteiger partial charge in [0.15, 0.2) is 0 Å². The molecule has 1 atom stereocenters. The van der Waals surface area contributed by atoms with Crippen LogP contribution >= 0.6 is 0 Å². The fourth-order valence-corrected chi connectivity index (χ4v) is 2.59. The number of nitrogens with two attached hydrogens (primary N) is 1. The predicted octanol–water partition coefficient (Wildman–Crippen LogP) is 0.371. The summed E-state index contributed by atoms with van der Waals surface area (Å²) in [6, 6.07) is 3.08. The van der Waals surface area contributed by atoms with E-state index < -0.39 is 6.04 Å². The molecular formula is C14H16N4O3. The minimum Gasteiger partial charge on any atom is -0.397 e. The van der Waals surface area contributed by atoms with E-state index in [0.717, 1.165) is 11.3 Å². The molecule has 0 bridgehead atoms. The Labute approximate surface area is 121 Å². The Morgan fingerprint density at radius 1 is 1.05 bits per heavy atom. The number of hydrogen-bond acceptors (Lipinski definition) is 5. The van der Waals surface area contributed by atoms with Crippen molar-refractivity contribution in [3.05, 3.63) is 17.7 Å². The molecule has 1 fully saturated rings. The molecule has 110 valence electrons. The molecule has 0 spiro atoms. The molecule has 1 saturated heterocycles. The summed E-state index contributed by atoms with van der Waals surface area (Å²) < 4.78 is 0. The van der Waals surface area contributed by atoms with Crippen LogP contribution in [0, 0.1) is 0 Å². The quantitative estimate of drug-likeness (QED) is 0.464. The van der Waals surface area contributed by atoms with Crippen LogP contribution in [0.15, 0.2) is 12.1 Å². The van der Waals surface area contributed by atoms with Gasteiger partial charge < -0.3 is 16.4 Å². The normalized spacial score (nSPS) is 21.3. The maximum absolute atomic E-state index is 11.8. The summed E-state index contributed by atoms with van der Waals surface area (Å²) in [5, 5.41) is 8.15. The fraction of sp³-hybridized carbons (Fsp3) is 0.357. The smallest absolute Gasteiger partial charge is 0.249 e. The van der Waals surface area contributed by atoms with Gasteiger partial charge in [-0.1, -0.05) is 0 Å². The second kappa shape index (κ2) is 5.08. The summed E-state index contributed by atoms with van der Waals surface area (Å²) in [6.45, 7) is 0. The van der Waals surface area contributed by atoms with Crippen molar-refractivity contribution < 1.29 is 14.4 Å². The van der Waals surface area contributed by atoms with Crippen LogP contribution in [0.25, 0.3) is 0 Å². The maximum atomic E-state index is 11.8. The molecule has 3 amide bonds. The summed E-state index contributed by atoms with van der Waals surface area (Å²) in [7, 11) is 0. The van der Waals surface area contributed by atoms with Gasteiger partial charge in [0.05, 0.1) is 11.4 Å². The number of nitrogen functional groups attached to an aromatic ring is 1. The van der Waals surface area contributed by atoms with Crippen molar-refractivity contribution in [3.8, 4) is 0 Å². The molecule has 3 rings (SSSR count). The lowest BCUT2D eigenvalue weighted by atomic mass is 10.00. The standard InChI is InChI=1S/C14H16N4O3/c15-8-6-10-7(1-3-12(19)17-10)5-11(8)16-9-2-4-13(20)18-14(9)21/h5-6,9,16H,1-4,15H2,(H,17,19)(H,18,20,21). The Kier molecular flexibility index (Phi) is 3.25. The zero-order chi connectivity index (χ0) is 15.0. The third kappa shape index (κ3) is 2.67. The molecule has 2 aliphatic heterocycles. The molecule has 5 N–H and O–H groups in total. The van der Waals surface area contributed by atoms with Crippen LogP contribution in [0.3, 0.4) is 0 Å². The van der Waals surface area contributed by atoms with E-state index >= 15 is 0 Å². The van der Waals surface area contributed by atoms with Crippen molar-refractivity contribution in [1.29, 1.82) is 0 Å². The highest BCUT2D eigenvalue weighted by Crippen LogP contribution is 2.31. The van der Waals surface area contributed by atoms with E-state index in [1.54, 1.807) is 6.07 Å². The van der Waals surface area contributed by atoms with Gasteiger partial charge in [-0.3, -0.25) is 19.7 Å². The highest BCUT2D eigenvalue weighted by Gasteiger charge is 2.27. The van der Waals surface area contributed by atoms with Crippen LogP contribution < -0.4 is 21.7 Å². The molecular weight excluding hydrogens is 272 g/mol. The van der Waals surface area contributed by atoms with E-state index in [9.17, 15) is 14.4 Å². The number of piperidine rings is 1. The number of amides is 3. The molecule has 0 radical (unpaired) electrons. The summed E-state index contributed by atoms with van der Waals surface area (Å²) in [5.74, 6) is -0.608. The van der Waals surface area contributed by atoms with Crippen molar-refractivity contribution in [2.24, 2.45) is 0 Å². The number of fused-ring (bicyclic) bond motifs is 1. The third-order valence-corrected chi connectivity index (χ3v) is 3.74. The zero-order valence-corrected chi connectivity index (χ0v) is 11.4. The Morgan fingerprint density at radius 3 is 2.57 bits per heavy atom. The van der Waals surface area contributed by atoms with Gasteiger partial charge in [-0.15, -0.1) is 0 Å². The molecule has 7 nitrogen and oxygen atoms in total. The number of carbonyl (C=O) groups excluding carboxylic acids is 3. The highest BCUT2D eigenvalue weighted by molar-refractivity contribution is 6.02. The van der Waals surface area contributed by atoms with Crippen molar-refractivity contribution in [3.63, 3.8) is 0 Å². The lowest BCUT2D eigenvalue weighted by Crippen LogP contribution is -2.47. The average molecular weight is 288 g/mol. The van der Waals surface area contributed by atoms with Gasteiger partial charge in [-0.25, -0.2) is 0 Å². The van der Waals surface area contributed by atoms with Crippen LogP contribution in [0.1, 0.15) is 24.8 Å². The fourth-order valence-electron chi connectivity index (χ4n) is 2.59. The van der Waals surface area contributed by atoms with Gasteiger partial charge in [0.25, 0.3) is 0 Å². The minimum atomic E-state index is -0.471. The average Bonchev–Trinajstić information content (AvgIpc) is 2.42. The first-order valence-corrected chi connectivity index (χ1v) is 6.85. The largest absolute Gasteiger partial charge is 0.397 e. The monoisotopic (exact) mass is 288 g/mol. The van der Waals surface area contributed by atoms with Gasteiger partial charge in [0.1, 0.15) is 6.04 Å². The Hall–Kier alpha value is -2.57. The highest BCUT2D eigenvalue weighted by atomic mass is 16.2. The Morgan fingerprint density at radius 2 is 1.81 bits per heavy atom. The Balaban J connectivity index is 1.81. The van der Waals surface area contributed by atoms with Gasteiger partial charge in [-0.05, 0) is 30.5 Å². The van der Waals surface area contributed by atoms with Crippen molar-refractivity contribution in [1.82, 2.24) is 5.32 Å². The van der Waals surface area contributed by atoms with Crippen molar-refractivity contribution in [2.45, 2.75) is 31.7 Å². The number of nitrogens with one attached hydrogen (secondary N) is 3. The first kappa shape index (κ1) is 13.4. The predicted molar refractivity (Wildman–Crippen MR) is 77.6 cm³/mol. The van der Waals surface area contributed by atoms with Crippen LogP contribution in [0.4, 0.5) is 17.1 Å². The first-order chi connectivity index (χ1) is 10.0. The Bertz CT molecular complexity index is 641. The molecule has 1 aromatic carbocycles. The minimum absolute atomic E-state index is 0.0206. The van der Waals surface area contributed by atoms with Gasteiger partial charge in [0, 0.05) is 18.5 Å². The number of imide groups is 1. The lowest BCUT2D eigenvalue weighted by molar-refractivity contribution is -0.133. The number of anilines is 3. The molecule has 2 heterocycles. The van der Waals surface area contributed by atoms with E-state index in [4.69, 9.17) is 5.73 Å². The SMILES string of the molecule is Nc1cc2c(cc1NC1CCC(=O)NC1=O)CCC(=O)N2. The second-order valence-corrected chi connectivity index (χ2v) is 5.29. The molecule has 7 heteroatoms. The maximum Gasteiger partial charge on any atom is 0.249 e. The number of benzene rings is 1. The first-order valence-electron chi connectivity index (χ1n) is 6.85. The van der Waals surface area contributed by atoms with E-state index in [1.807, 2.05) is 6.07 Å². The number of hydrogen-bond donors (Lipinski definition) is 4. The van der Waals surface area contributed by atoms with E-state index in [2.05, 4.69) is 16.0 Å². The molecule has 2 aliphatic rings. The number of aryl methyl sites for hydroxylation is 1. The molecule has 1 aromatic rings. The van der Waals surface area contributed by atoms with Crippen LogP contribution in [-0.2, 0) is 20.8 Å².